The fraction of sp³-hybridized carbons (Fsp3) is 0.571. The molecule has 9 heteroatoms. The zero-order valence-corrected chi connectivity index (χ0v) is 18.4. The van der Waals surface area contributed by atoms with Crippen molar-refractivity contribution in [1.29, 1.82) is 0 Å². The van der Waals surface area contributed by atoms with Crippen molar-refractivity contribution in [2.45, 2.75) is 53.2 Å². The average Bonchev–Trinajstić information content (AvgIpc) is 2.68. The van der Waals surface area contributed by atoms with Crippen LogP contribution >= 0.6 is 0 Å². The molecular formula is C21H33N3O6. The first-order valence-electron chi connectivity index (χ1n) is 9.78. The second kappa shape index (κ2) is 10.9. The Morgan fingerprint density at radius 1 is 1.03 bits per heavy atom. The highest BCUT2D eigenvalue weighted by Crippen LogP contribution is 2.24. The Balaban J connectivity index is 3.04. The molecule has 0 radical (unpaired) electrons. The van der Waals surface area contributed by atoms with Crippen LogP contribution in [0, 0.1) is 17.3 Å². The van der Waals surface area contributed by atoms with E-state index in [-0.39, 0.29) is 12.3 Å². The molecule has 1 aromatic rings. The van der Waals surface area contributed by atoms with Gasteiger partial charge in [0.05, 0.1) is 13.0 Å². The molecule has 0 spiro atoms. The number of amides is 3. The van der Waals surface area contributed by atoms with E-state index in [9.17, 15) is 19.5 Å². The molecule has 1 aromatic carbocycles. The lowest BCUT2D eigenvalue weighted by Crippen LogP contribution is -2.55. The lowest BCUT2D eigenvalue weighted by Gasteiger charge is -2.32. The van der Waals surface area contributed by atoms with E-state index in [2.05, 4.69) is 10.6 Å². The van der Waals surface area contributed by atoms with E-state index in [1.165, 1.54) is 12.6 Å². The molecule has 0 bridgehead atoms. The summed E-state index contributed by atoms with van der Waals surface area (Å²) in [6.45, 7) is 9.04. The number of rotatable bonds is 9. The Morgan fingerprint density at radius 3 is 2.03 bits per heavy atom. The summed E-state index contributed by atoms with van der Waals surface area (Å²) in [7, 11) is 1.54. The minimum absolute atomic E-state index is 0.0110. The predicted molar refractivity (Wildman–Crippen MR) is 112 cm³/mol. The van der Waals surface area contributed by atoms with Crippen molar-refractivity contribution in [3.05, 3.63) is 24.3 Å². The van der Waals surface area contributed by atoms with Crippen LogP contribution in [0.4, 0.5) is 5.69 Å². The van der Waals surface area contributed by atoms with Crippen LogP contribution in [-0.4, -0.2) is 47.3 Å². The molecule has 0 saturated carbocycles. The van der Waals surface area contributed by atoms with Crippen LogP contribution in [-0.2, 0) is 14.4 Å². The van der Waals surface area contributed by atoms with Crippen molar-refractivity contribution in [3.8, 4) is 5.75 Å². The molecule has 168 valence electrons. The Hall–Kier alpha value is -2.65. The van der Waals surface area contributed by atoms with E-state index < -0.39 is 41.2 Å². The molecule has 0 saturated heterocycles. The number of methoxy groups -OCH3 is 1. The summed E-state index contributed by atoms with van der Waals surface area (Å²) in [6, 6.07) is 5.81. The Labute approximate surface area is 177 Å². The quantitative estimate of drug-likeness (QED) is 0.303. The van der Waals surface area contributed by atoms with Crippen molar-refractivity contribution < 1.29 is 29.4 Å². The summed E-state index contributed by atoms with van der Waals surface area (Å²) in [5.74, 6) is -2.67. The van der Waals surface area contributed by atoms with Crippen molar-refractivity contribution in [2.24, 2.45) is 17.3 Å². The predicted octanol–water partition coefficient (Wildman–Crippen LogP) is 1.69. The van der Waals surface area contributed by atoms with Gasteiger partial charge in [0, 0.05) is 5.69 Å². The van der Waals surface area contributed by atoms with Crippen LogP contribution in [0.25, 0.3) is 0 Å². The number of carbonyl (C=O) groups excluding carboxylic acids is 3. The summed E-state index contributed by atoms with van der Waals surface area (Å²) in [5.41, 5.74) is 1.24. The zero-order chi connectivity index (χ0) is 23.1. The maximum Gasteiger partial charge on any atom is 0.272 e. The topological polar surface area (TPSA) is 137 Å². The first-order valence-corrected chi connectivity index (χ1v) is 9.78. The third-order valence-electron chi connectivity index (χ3n) is 4.59. The Morgan fingerprint density at radius 2 is 1.60 bits per heavy atom. The monoisotopic (exact) mass is 423 g/mol. The van der Waals surface area contributed by atoms with Crippen LogP contribution in [0.15, 0.2) is 24.3 Å². The van der Waals surface area contributed by atoms with Gasteiger partial charge in [0.25, 0.3) is 5.91 Å². The largest absolute Gasteiger partial charge is 0.497 e. The fourth-order valence-electron chi connectivity index (χ4n) is 2.95. The van der Waals surface area contributed by atoms with E-state index >= 15 is 0 Å². The minimum Gasteiger partial charge on any atom is -0.497 e. The van der Waals surface area contributed by atoms with Gasteiger partial charge < -0.3 is 20.5 Å². The van der Waals surface area contributed by atoms with Crippen molar-refractivity contribution in [1.82, 2.24) is 10.8 Å². The van der Waals surface area contributed by atoms with Crippen molar-refractivity contribution in [2.75, 3.05) is 12.4 Å². The van der Waals surface area contributed by atoms with Gasteiger partial charge in [0.2, 0.25) is 11.8 Å². The van der Waals surface area contributed by atoms with Crippen LogP contribution < -0.4 is 20.9 Å². The van der Waals surface area contributed by atoms with E-state index in [1.54, 1.807) is 45.0 Å². The molecule has 3 amide bonds. The molecule has 0 aliphatic carbocycles. The summed E-state index contributed by atoms with van der Waals surface area (Å²) in [6.07, 6.45) is -1.56. The highest BCUT2D eigenvalue weighted by Gasteiger charge is 2.38. The van der Waals surface area contributed by atoms with Gasteiger partial charge in [0.1, 0.15) is 17.9 Å². The molecule has 5 N–H and O–H groups in total. The molecule has 0 fully saturated rings. The minimum atomic E-state index is -1.75. The van der Waals surface area contributed by atoms with Crippen molar-refractivity contribution in [3.63, 3.8) is 0 Å². The summed E-state index contributed by atoms with van der Waals surface area (Å²) < 4.78 is 5.09. The van der Waals surface area contributed by atoms with Gasteiger partial charge in [0.15, 0.2) is 0 Å². The molecule has 0 aliphatic rings. The second-order valence-corrected chi connectivity index (χ2v) is 8.68. The molecule has 0 aromatic heterocycles. The maximum absolute atomic E-state index is 12.9. The third-order valence-corrected chi connectivity index (χ3v) is 4.59. The number of hydroxylamine groups is 1. The van der Waals surface area contributed by atoms with E-state index in [4.69, 9.17) is 9.94 Å². The Bertz CT molecular complexity index is 727. The summed E-state index contributed by atoms with van der Waals surface area (Å²) >= 11 is 0. The van der Waals surface area contributed by atoms with Gasteiger partial charge in [-0.3, -0.25) is 19.6 Å². The number of anilines is 1. The van der Waals surface area contributed by atoms with E-state index in [0.29, 0.717) is 11.4 Å². The van der Waals surface area contributed by atoms with Crippen LogP contribution in [0.5, 0.6) is 5.75 Å². The van der Waals surface area contributed by atoms with Crippen LogP contribution in [0.3, 0.4) is 0 Å². The van der Waals surface area contributed by atoms with Gasteiger partial charge in [-0.05, 0) is 42.0 Å². The molecular weight excluding hydrogens is 390 g/mol. The number of aliphatic hydroxyl groups excluding tert-OH is 1. The van der Waals surface area contributed by atoms with Crippen LogP contribution in [0.2, 0.25) is 0 Å². The second-order valence-electron chi connectivity index (χ2n) is 8.68. The lowest BCUT2D eigenvalue weighted by atomic mass is 9.84. The number of carbonyl (C=O) groups is 3. The number of nitrogens with one attached hydrogen (secondary N) is 3. The SMILES string of the molecule is COc1ccc(NC(=O)[C@@H](NC(=O)[C@H](CC(C)C)[C@H](O)C(=O)NO)C(C)(C)C)cc1. The average molecular weight is 424 g/mol. The molecule has 0 heterocycles. The summed E-state index contributed by atoms with van der Waals surface area (Å²) in [4.78, 5) is 37.5. The van der Waals surface area contributed by atoms with Gasteiger partial charge in [-0.25, -0.2) is 5.48 Å². The maximum atomic E-state index is 12.9. The number of ether oxygens (including phenoxy) is 1. The number of benzene rings is 1. The third kappa shape index (κ3) is 7.31. The van der Waals surface area contributed by atoms with Crippen molar-refractivity contribution >= 4 is 23.4 Å². The highest BCUT2D eigenvalue weighted by atomic mass is 16.5. The van der Waals surface area contributed by atoms with Gasteiger partial charge in [-0.15, -0.1) is 0 Å². The first-order chi connectivity index (χ1) is 13.9. The Kier molecular flexibility index (Phi) is 9.25. The number of hydrogen-bond acceptors (Lipinski definition) is 6. The molecule has 0 aliphatic heterocycles. The molecule has 9 nitrogen and oxygen atoms in total. The molecule has 30 heavy (non-hydrogen) atoms. The molecule has 1 rings (SSSR count). The normalized spacial score (nSPS) is 14.4. The van der Waals surface area contributed by atoms with Gasteiger partial charge in [-0.1, -0.05) is 34.6 Å². The molecule has 0 unspecified atom stereocenters. The highest BCUT2D eigenvalue weighted by molar-refractivity contribution is 5.98. The van der Waals surface area contributed by atoms with E-state index in [1.807, 2.05) is 13.8 Å². The summed E-state index contributed by atoms with van der Waals surface area (Å²) in [5, 5.41) is 24.4. The lowest BCUT2D eigenvalue weighted by molar-refractivity contribution is -0.147. The first kappa shape index (κ1) is 25.4. The number of hydrogen-bond donors (Lipinski definition) is 5. The standard InChI is InChI=1S/C21H33N3O6/c1-12(2)11-15(16(25)19(27)24-29)18(26)23-17(21(3,4)5)20(28)22-13-7-9-14(30-6)10-8-13/h7-10,12,15-17,25,29H,11H2,1-6H3,(H,22,28)(H,23,26)(H,24,27)/t15-,16+,17-/m1/s1. The van der Waals surface area contributed by atoms with Crippen LogP contribution in [0.1, 0.15) is 41.0 Å². The smallest absolute Gasteiger partial charge is 0.272 e. The van der Waals surface area contributed by atoms with Gasteiger partial charge >= 0.3 is 0 Å². The van der Waals surface area contributed by atoms with E-state index in [0.717, 1.165) is 0 Å². The zero-order valence-electron chi connectivity index (χ0n) is 18.4. The van der Waals surface area contributed by atoms with Gasteiger partial charge in [-0.2, -0.15) is 0 Å². The number of aliphatic hydroxyl groups is 1. The fourth-order valence-corrected chi connectivity index (χ4v) is 2.95. The molecule has 3 atom stereocenters.